The van der Waals surface area contributed by atoms with Crippen LogP contribution in [0, 0.1) is 0 Å². The molecule has 4 atom stereocenters. The van der Waals surface area contributed by atoms with Crippen LogP contribution in [0.5, 0.6) is 0 Å². The topological polar surface area (TPSA) is 49.7 Å². The van der Waals surface area contributed by atoms with Crippen LogP contribution in [0.15, 0.2) is 0 Å². The molecular formula is C9H18O3S. The maximum absolute atomic E-state index is 9.55. The second kappa shape index (κ2) is 4.64. The van der Waals surface area contributed by atoms with E-state index in [-0.39, 0.29) is 12.2 Å². The molecule has 1 heterocycles. The molecule has 1 saturated heterocycles. The van der Waals surface area contributed by atoms with E-state index in [9.17, 15) is 10.2 Å². The Hall–Kier alpha value is 0.230. The van der Waals surface area contributed by atoms with Crippen LogP contribution >= 0.6 is 11.8 Å². The lowest BCUT2D eigenvalue weighted by atomic mass is 10.1. The molecule has 0 saturated carbocycles. The minimum Gasteiger partial charge on any atom is -0.388 e. The van der Waals surface area contributed by atoms with Gasteiger partial charge in [0.15, 0.2) is 0 Å². The summed E-state index contributed by atoms with van der Waals surface area (Å²) in [5.74, 6) is 0.750. The van der Waals surface area contributed by atoms with Crippen molar-refractivity contribution in [2.75, 3.05) is 5.75 Å². The van der Waals surface area contributed by atoms with Crippen LogP contribution in [0.3, 0.4) is 0 Å². The summed E-state index contributed by atoms with van der Waals surface area (Å²) in [5, 5.41) is 19.5. The summed E-state index contributed by atoms with van der Waals surface area (Å²) in [6.45, 7) is 5.99. The Balaban J connectivity index is 2.35. The van der Waals surface area contributed by atoms with Crippen LogP contribution in [0.4, 0.5) is 0 Å². The highest BCUT2D eigenvalue weighted by Crippen LogP contribution is 2.25. The van der Waals surface area contributed by atoms with Gasteiger partial charge in [-0.2, -0.15) is 11.8 Å². The molecule has 78 valence electrons. The van der Waals surface area contributed by atoms with E-state index < -0.39 is 12.2 Å². The standard InChI is InChI=1S/C9H18O3S/c1-5(2)13-4-7-9(11)8(10)6(3)12-7/h5-11H,4H2,1-3H3/t6-,7+,8?,9-/m0/s1. The lowest BCUT2D eigenvalue weighted by Crippen LogP contribution is -2.32. The Kier molecular flexibility index (Phi) is 4.04. The summed E-state index contributed by atoms with van der Waals surface area (Å²) in [6.07, 6.45) is -1.90. The molecule has 1 unspecified atom stereocenters. The molecule has 4 heteroatoms. The number of aliphatic hydroxyl groups is 2. The fourth-order valence-corrected chi connectivity index (χ4v) is 2.21. The van der Waals surface area contributed by atoms with E-state index >= 15 is 0 Å². The van der Waals surface area contributed by atoms with Gasteiger partial charge >= 0.3 is 0 Å². The molecule has 0 aromatic heterocycles. The molecule has 0 bridgehead atoms. The minimum atomic E-state index is -0.724. The Morgan fingerprint density at radius 2 is 1.92 bits per heavy atom. The van der Waals surface area contributed by atoms with E-state index in [4.69, 9.17) is 4.74 Å². The quantitative estimate of drug-likeness (QED) is 0.711. The van der Waals surface area contributed by atoms with Gasteiger partial charge in [0.05, 0.1) is 12.2 Å². The SMILES string of the molecule is CC(C)SC[C@H]1O[C@@H](C)C(O)[C@H]1O. The predicted molar refractivity (Wildman–Crippen MR) is 53.9 cm³/mol. The molecule has 0 aromatic carbocycles. The van der Waals surface area contributed by atoms with Gasteiger partial charge in [-0.1, -0.05) is 13.8 Å². The van der Waals surface area contributed by atoms with Gasteiger partial charge in [-0.05, 0) is 12.2 Å². The predicted octanol–water partition coefficient (Wildman–Crippen LogP) is 0.637. The highest BCUT2D eigenvalue weighted by molar-refractivity contribution is 7.99. The Morgan fingerprint density at radius 3 is 2.31 bits per heavy atom. The molecular weight excluding hydrogens is 188 g/mol. The summed E-state index contributed by atoms with van der Waals surface area (Å²) in [5.41, 5.74) is 0. The van der Waals surface area contributed by atoms with Gasteiger partial charge in [0.1, 0.15) is 12.2 Å². The fraction of sp³-hybridized carbons (Fsp3) is 1.00. The molecule has 0 spiro atoms. The largest absolute Gasteiger partial charge is 0.388 e. The summed E-state index contributed by atoms with van der Waals surface area (Å²) < 4.78 is 5.42. The summed E-state index contributed by atoms with van der Waals surface area (Å²) in [6, 6.07) is 0. The van der Waals surface area contributed by atoms with Crippen LogP contribution < -0.4 is 0 Å². The first kappa shape index (κ1) is 11.3. The first-order chi connectivity index (χ1) is 6.02. The van der Waals surface area contributed by atoms with Crippen molar-refractivity contribution in [2.24, 2.45) is 0 Å². The Bertz CT molecular complexity index is 163. The van der Waals surface area contributed by atoms with E-state index in [2.05, 4.69) is 13.8 Å². The zero-order valence-electron chi connectivity index (χ0n) is 8.30. The third-order valence-electron chi connectivity index (χ3n) is 2.20. The first-order valence-electron chi connectivity index (χ1n) is 4.65. The van der Waals surface area contributed by atoms with Crippen molar-refractivity contribution in [2.45, 2.75) is 50.4 Å². The summed E-state index contributed by atoms with van der Waals surface area (Å²) in [7, 11) is 0. The number of hydrogen-bond acceptors (Lipinski definition) is 4. The number of aliphatic hydroxyl groups excluding tert-OH is 2. The van der Waals surface area contributed by atoms with Gasteiger partial charge < -0.3 is 14.9 Å². The van der Waals surface area contributed by atoms with Crippen LogP contribution in [-0.4, -0.2) is 45.6 Å². The average molecular weight is 206 g/mol. The molecule has 1 fully saturated rings. The first-order valence-corrected chi connectivity index (χ1v) is 5.70. The Morgan fingerprint density at radius 1 is 1.31 bits per heavy atom. The fourth-order valence-electron chi connectivity index (χ4n) is 1.36. The van der Waals surface area contributed by atoms with Crippen LogP contribution in [0.25, 0.3) is 0 Å². The smallest absolute Gasteiger partial charge is 0.109 e. The maximum atomic E-state index is 9.55. The summed E-state index contributed by atoms with van der Waals surface area (Å²) >= 11 is 1.74. The van der Waals surface area contributed by atoms with Crippen molar-refractivity contribution in [1.29, 1.82) is 0 Å². The van der Waals surface area contributed by atoms with E-state index in [1.165, 1.54) is 0 Å². The molecule has 0 aliphatic carbocycles. The monoisotopic (exact) mass is 206 g/mol. The zero-order chi connectivity index (χ0) is 10.0. The third-order valence-corrected chi connectivity index (χ3v) is 3.38. The molecule has 3 nitrogen and oxygen atoms in total. The lowest BCUT2D eigenvalue weighted by molar-refractivity contribution is 0.0302. The number of hydrogen-bond donors (Lipinski definition) is 2. The minimum absolute atomic E-state index is 0.211. The summed E-state index contributed by atoms with van der Waals surface area (Å²) in [4.78, 5) is 0. The molecule has 2 N–H and O–H groups in total. The van der Waals surface area contributed by atoms with E-state index in [0.717, 1.165) is 5.75 Å². The number of thioether (sulfide) groups is 1. The third kappa shape index (κ3) is 2.84. The molecule has 1 rings (SSSR count). The highest BCUT2D eigenvalue weighted by atomic mass is 32.2. The van der Waals surface area contributed by atoms with Crippen molar-refractivity contribution in [1.82, 2.24) is 0 Å². The molecule has 1 aliphatic rings. The van der Waals surface area contributed by atoms with Gasteiger partial charge in [-0.3, -0.25) is 0 Å². The van der Waals surface area contributed by atoms with Gasteiger partial charge in [-0.25, -0.2) is 0 Å². The molecule has 0 radical (unpaired) electrons. The molecule has 13 heavy (non-hydrogen) atoms. The zero-order valence-corrected chi connectivity index (χ0v) is 9.12. The molecule has 0 amide bonds. The Labute approximate surface area is 83.5 Å². The van der Waals surface area contributed by atoms with Crippen molar-refractivity contribution >= 4 is 11.8 Å². The van der Waals surface area contributed by atoms with Gasteiger partial charge in [0.2, 0.25) is 0 Å². The second-order valence-corrected chi connectivity index (χ2v) is 5.35. The maximum Gasteiger partial charge on any atom is 0.109 e. The van der Waals surface area contributed by atoms with Gasteiger partial charge in [0.25, 0.3) is 0 Å². The van der Waals surface area contributed by atoms with E-state index in [1.54, 1.807) is 18.7 Å². The van der Waals surface area contributed by atoms with Crippen LogP contribution in [-0.2, 0) is 4.74 Å². The highest BCUT2D eigenvalue weighted by Gasteiger charge is 2.39. The van der Waals surface area contributed by atoms with Crippen molar-refractivity contribution in [3.05, 3.63) is 0 Å². The number of ether oxygens (including phenoxy) is 1. The van der Waals surface area contributed by atoms with Gasteiger partial charge in [-0.15, -0.1) is 0 Å². The van der Waals surface area contributed by atoms with Crippen molar-refractivity contribution in [3.63, 3.8) is 0 Å². The van der Waals surface area contributed by atoms with E-state index in [1.807, 2.05) is 0 Å². The second-order valence-electron chi connectivity index (χ2n) is 3.74. The molecule has 0 aromatic rings. The van der Waals surface area contributed by atoms with Crippen LogP contribution in [0.1, 0.15) is 20.8 Å². The number of rotatable bonds is 3. The lowest BCUT2D eigenvalue weighted by Gasteiger charge is -2.15. The normalized spacial score (nSPS) is 40.2. The van der Waals surface area contributed by atoms with Gasteiger partial charge in [0, 0.05) is 5.75 Å². The van der Waals surface area contributed by atoms with Crippen molar-refractivity contribution < 1.29 is 14.9 Å². The van der Waals surface area contributed by atoms with E-state index in [0.29, 0.717) is 5.25 Å². The van der Waals surface area contributed by atoms with Crippen molar-refractivity contribution in [3.8, 4) is 0 Å². The average Bonchev–Trinajstić information content (AvgIpc) is 2.29. The van der Waals surface area contributed by atoms with Crippen LogP contribution in [0.2, 0.25) is 0 Å². The molecule has 1 aliphatic heterocycles.